The molecule has 5 heteroatoms. The van der Waals surface area contributed by atoms with Crippen LogP contribution in [0.1, 0.15) is 18.9 Å². The van der Waals surface area contributed by atoms with Crippen molar-refractivity contribution in [3.05, 3.63) is 24.3 Å². The first-order chi connectivity index (χ1) is 6.81. The van der Waals surface area contributed by atoms with Gasteiger partial charge in [0.25, 0.3) is 0 Å². The van der Waals surface area contributed by atoms with Crippen LogP contribution in [0.25, 0.3) is 11.6 Å². The number of furan rings is 1. The molecule has 2 aromatic rings. The van der Waals surface area contributed by atoms with Gasteiger partial charge >= 0.3 is 0 Å². The Bertz CT molecular complexity index is 394. The minimum absolute atomic E-state index is 0.0474. The van der Waals surface area contributed by atoms with Crippen molar-refractivity contribution in [1.82, 2.24) is 15.5 Å². The van der Waals surface area contributed by atoms with Crippen LogP contribution < -0.4 is 5.32 Å². The van der Waals surface area contributed by atoms with E-state index in [1.165, 1.54) is 0 Å². The van der Waals surface area contributed by atoms with E-state index in [-0.39, 0.29) is 6.04 Å². The molecule has 0 aromatic carbocycles. The van der Waals surface area contributed by atoms with Gasteiger partial charge in [-0.1, -0.05) is 5.16 Å². The monoisotopic (exact) mass is 193 g/mol. The van der Waals surface area contributed by atoms with Crippen molar-refractivity contribution in [1.29, 1.82) is 0 Å². The van der Waals surface area contributed by atoms with E-state index < -0.39 is 0 Å². The van der Waals surface area contributed by atoms with Crippen LogP contribution in [0.3, 0.4) is 0 Å². The fourth-order valence-corrected chi connectivity index (χ4v) is 1.04. The Morgan fingerprint density at radius 3 is 3.00 bits per heavy atom. The Kier molecular flexibility index (Phi) is 2.32. The molecule has 74 valence electrons. The van der Waals surface area contributed by atoms with Crippen LogP contribution >= 0.6 is 0 Å². The molecule has 2 heterocycles. The van der Waals surface area contributed by atoms with Gasteiger partial charge < -0.3 is 14.3 Å². The molecule has 2 rings (SSSR count). The third-order valence-corrected chi connectivity index (χ3v) is 1.99. The molecule has 2 aromatic heterocycles. The van der Waals surface area contributed by atoms with E-state index in [0.717, 1.165) is 0 Å². The summed E-state index contributed by atoms with van der Waals surface area (Å²) >= 11 is 0. The second kappa shape index (κ2) is 3.63. The van der Waals surface area contributed by atoms with Crippen molar-refractivity contribution < 1.29 is 8.94 Å². The summed E-state index contributed by atoms with van der Waals surface area (Å²) in [5, 5.41) is 6.82. The molecular weight excluding hydrogens is 182 g/mol. The second-order valence-electron chi connectivity index (χ2n) is 2.94. The second-order valence-corrected chi connectivity index (χ2v) is 2.94. The molecular formula is C9H11N3O2. The van der Waals surface area contributed by atoms with Crippen LogP contribution in [-0.2, 0) is 0 Å². The molecule has 0 saturated carbocycles. The van der Waals surface area contributed by atoms with E-state index >= 15 is 0 Å². The summed E-state index contributed by atoms with van der Waals surface area (Å²) in [6.45, 7) is 1.94. The summed E-state index contributed by atoms with van der Waals surface area (Å²) in [5.41, 5.74) is 0. The number of rotatable bonds is 3. The summed E-state index contributed by atoms with van der Waals surface area (Å²) < 4.78 is 10.2. The van der Waals surface area contributed by atoms with Crippen LogP contribution in [0.15, 0.2) is 27.3 Å². The van der Waals surface area contributed by atoms with Gasteiger partial charge in [-0.15, -0.1) is 0 Å². The van der Waals surface area contributed by atoms with Crippen LogP contribution in [0, 0.1) is 0 Å². The highest BCUT2D eigenvalue weighted by Crippen LogP contribution is 2.18. The molecule has 1 atom stereocenters. The predicted molar refractivity (Wildman–Crippen MR) is 49.5 cm³/mol. The largest absolute Gasteiger partial charge is 0.461 e. The molecule has 0 radical (unpaired) electrons. The molecule has 0 aliphatic rings. The van der Waals surface area contributed by atoms with Crippen LogP contribution in [0.5, 0.6) is 0 Å². The molecule has 1 N–H and O–H groups in total. The lowest BCUT2D eigenvalue weighted by atomic mass is 10.3. The topological polar surface area (TPSA) is 64.1 Å². The minimum atomic E-state index is 0.0474. The van der Waals surface area contributed by atoms with Crippen molar-refractivity contribution in [2.45, 2.75) is 13.0 Å². The van der Waals surface area contributed by atoms with Crippen molar-refractivity contribution >= 4 is 0 Å². The Morgan fingerprint density at radius 1 is 1.50 bits per heavy atom. The van der Waals surface area contributed by atoms with Crippen LogP contribution in [0.4, 0.5) is 0 Å². The molecule has 1 unspecified atom stereocenters. The van der Waals surface area contributed by atoms with E-state index in [1.807, 2.05) is 14.0 Å². The molecule has 0 aliphatic heterocycles. The van der Waals surface area contributed by atoms with Gasteiger partial charge in [-0.05, 0) is 26.1 Å². The highest BCUT2D eigenvalue weighted by molar-refractivity contribution is 5.44. The molecule has 5 nitrogen and oxygen atoms in total. The summed E-state index contributed by atoms with van der Waals surface area (Å²) in [6, 6.07) is 3.62. The maximum Gasteiger partial charge on any atom is 0.243 e. The van der Waals surface area contributed by atoms with Gasteiger partial charge in [-0.3, -0.25) is 0 Å². The van der Waals surface area contributed by atoms with Gasteiger partial charge in [0.1, 0.15) is 0 Å². The van der Waals surface area contributed by atoms with E-state index in [9.17, 15) is 0 Å². The summed E-state index contributed by atoms with van der Waals surface area (Å²) in [7, 11) is 1.83. The highest BCUT2D eigenvalue weighted by atomic mass is 16.5. The van der Waals surface area contributed by atoms with Gasteiger partial charge in [0.05, 0.1) is 12.3 Å². The summed E-state index contributed by atoms with van der Waals surface area (Å²) in [6.07, 6.45) is 1.58. The first-order valence-electron chi connectivity index (χ1n) is 4.36. The van der Waals surface area contributed by atoms with E-state index in [0.29, 0.717) is 17.5 Å². The van der Waals surface area contributed by atoms with Crippen molar-refractivity contribution in [2.75, 3.05) is 7.05 Å². The zero-order valence-corrected chi connectivity index (χ0v) is 8.02. The molecule has 0 saturated heterocycles. The average molecular weight is 193 g/mol. The SMILES string of the molecule is CNC(C)c1nc(-c2ccco2)no1. The molecule has 0 spiro atoms. The number of nitrogens with zero attached hydrogens (tertiary/aromatic N) is 2. The van der Waals surface area contributed by atoms with Crippen molar-refractivity contribution in [2.24, 2.45) is 0 Å². The fraction of sp³-hybridized carbons (Fsp3) is 0.333. The number of nitrogens with one attached hydrogen (secondary N) is 1. The highest BCUT2D eigenvalue weighted by Gasteiger charge is 2.14. The lowest BCUT2D eigenvalue weighted by Gasteiger charge is -2.00. The zero-order chi connectivity index (χ0) is 9.97. The third-order valence-electron chi connectivity index (χ3n) is 1.99. The van der Waals surface area contributed by atoms with Crippen molar-refractivity contribution in [3.8, 4) is 11.6 Å². The Hall–Kier alpha value is -1.62. The molecule has 0 bridgehead atoms. The van der Waals surface area contributed by atoms with Gasteiger partial charge in [0.2, 0.25) is 11.7 Å². The molecule has 0 fully saturated rings. The number of hydrogen-bond donors (Lipinski definition) is 1. The Balaban J connectivity index is 2.26. The maximum atomic E-state index is 5.14. The molecule has 14 heavy (non-hydrogen) atoms. The van der Waals surface area contributed by atoms with Crippen molar-refractivity contribution in [3.63, 3.8) is 0 Å². The van der Waals surface area contributed by atoms with Crippen LogP contribution in [-0.4, -0.2) is 17.2 Å². The zero-order valence-electron chi connectivity index (χ0n) is 8.02. The quantitative estimate of drug-likeness (QED) is 0.802. The minimum Gasteiger partial charge on any atom is -0.461 e. The van der Waals surface area contributed by atoms with Gasteiger partial charge in [-0.25, -0.2) is 0 Å². The number of hydrogen-bond acceptors (Lipinski definition) is 5. The summed E-state index contributed by atoms with van der Waals surface area (Å²) in [4.78, 5) is 4.19. The van der Waals surface area contributed by atoms with Gasteiger partial charge in [-0.2, -0.15) is 4.98 Å². The lowest BCUT2D eigenvalue weighted by molar-refractivity contribution is 0.346. The number of aromatic nitrogens is 2. The first kappa shape index (κ1) is 8.96. The van der Waals surface area contributed by atoms with Gasteiger partial charge in [0.15, 0.2) is 5.76 Å². The smallest absolute Gasteiger partial charge is 0.243 e. The fourth-order valence-electron chi connectivity index (χ4n) is 1.04. The lowest BCUT2D eigenvalue weighted by Crippen LogP contribution is -2.12. The van der Waals surface area contributed by atoms with E-state index in [1.54, 1.807) is 18.4 Å². The Labute approximate surface area is 81.1 Å². The van der Waals surface area contributed by atoms with E-state index in [4.69, 9.17) is 8.94 Å². The van der Waals surface area contributed by atoms with Crippen LogP contribution in [0.2, 0.25) is 0 Å². The maximum absolute atomic E-state index is 5.14. The normalized spacial score (nSPS) is 13.0. The average Bonchev–Trinajstić information content (AvgIpc) is 2.86. The summed E-state index contributed by atoms with van der Waals surface area (Å²) in [5.74, 6) is 1.65. The Morgan fingerprint density at radius 2 is 2.36 bits per heavy atom. The molecule has 0 aliphatic carbocycles. The third kappa shape index (κ3) is 1.54. The van der Waals surface area contributed by atoms with E-state index in [2.05, 4.69) is 15.5 Å². The first-order valence-corrected chi connectivity index (χ1v) is 4.36. The molecule has 0 amide bonds. The standard InChI is InChI=1S/C9H11N3O2/c1-6(10-2)9-11-8(12-14-9)7-4-3-5-13-7/h3-6,10H,1-2H3. The predicted octanol–water partition coefficient (Wildman–Crippen LogP) is 1.61. The van der Waals surface area contributed by atoms with Gasteiger partial charge in [0, 0.05) is 0 Å².